The molecule has 7 heteroatoms. The Kier molecular flexibility index (Phi) is 5.16. The highest BCUT2D eigenvalue weighted by Gasteiger charge is 2.41. The van der Waals surface area contributed by atoms with Crippen LogP contribution in [0.2, 0.25) is 0 Å². The topological polar surface area (TPSA) is 82.3 Å². The fourth-order valence-corrected chi connectivity index (χ4v) is 4.30. The lowest BCUT2D eigenvalue weighted by Gasteiger charge is -2.13. The maximum absolute atomic E-state index is 12.6. The van der Waals surface area contributed by atoms with Gasteiger partial charge in [0.25, 0.3) is 5.24 Å². The normalized spacial score (nSPS) is 16.7. The Morgan fingerprint density at radius 2 is 1.82 bits per heavy atom. The lowest BCUT2D eigenvalue weighted by Crippen LogP contribution is -2.34. The first kappa shape index (κ1) is 18.3. The van der Waals surface area contributed by atoms with Crippen LogP contribution in [0.15, 0.2) is 60.8 Å². The highest BCUT2D eigenvalue weighted by Crippen LogP contribution is 2.33. The molecule has 1 atom stereocenters. The molecule has 0 radical (unpaired) electrons. The minimum Gasteiger partial charge on any atom is -0.361 e. The summed E-state index contributed by atoms with van der Waals surface area (Å²) in [4.78, 5) is 41.4. The molecule has 6 nitrogen and oxygen atoms in total. The number of rotatable bonds is 6. The fraction of sp³-hybridized carbons (Fsp3) is 0.190. The number of hydrogen-bond acceptors (Lipinski definition) is 4. The Labute approximate surface area is 166 Å². The van der Waals surface area contributed by atoms with E-state index < -0.39 is 5.25 Å². The minimum absolute atomic E-state index is 0.00748. The number of imide groups is 1. The summed E-state index contributed by atoms with van der Waals surface area (Å²) in [6.07, 6.45) is 2.63. The monoisotopic (exact) mass is 393 g/mol. The highest BCUT2D eigenvalue weighted by atomic mass is 32.2. The Morgan fingerprint density at radius 3 is 2.64 bits per heavy atom. The van der Waals surface area contributed by atoms with Gasteiger partial charge in [-0.25, -0.2) is 4.90 Å². The van der Waals surface area contributed by atoms with Crippen LogP contribution in [0.5, 0.6) is 0 Å². The molecular weight excluding hydrogens is 374 g/mol. The van der Waals surface area contributed by atoms with Crippen LogP contribution in [-0.4, -0.2) is 33.8 Å². The molecule has 1 unspecified atom stereocenters. The van der Waals surface area contributed by atoms with E-state index in [9.17, 15) is 14.4 Å². The number of hydrogen-bond donors (Lipinski definition) is 2. The second-order valence-electron chi connectivity index (χ2n) is 6.55. The van der Waals surface area contributed by atoms with Crippen LogP contribution in [0.4, 0.5) is 10.5 Å². The number of anilines is 1. The molecule has 1 aliphatic heterocycles. The smallest absolute Gasteiger partial charge is 0.293 e. The van der Waals surface area contributed by atoms with Gasteiger partial charge < -0.3 is 10.3 Å². The molecule has 2 aromatic carbocycles. The Bertz CT molecular complexity index is 1030. The number of aromatic nitrogens is 1. The summed E-state index contributed by atoms with van der Waals surface area (Å²) in [5.74, 6) is -0.568. The minimum atomic E-state index is -0.680. The summed E-state index contributed by atoms with van der Waals surface area (Å²) in [5, 5.41) is 2.98. The largest absolute Gasteiger partial charge is 0.361 e. The van der Waals surface area contributed by atoms with Crippen LogP contribution in [-0.2, 0) is 16.0 Å². The molecular formula is C21H19N3O3S. The van der Waals surface area contributed by atoms with Crippen molar-refractivity contribution >= 4 is 45.4 Å². The third-order valence-corrected chi connectivity index (χ3v) is 5.74. The molecule has 2 N–H and O–H groups in total. The number of benzene rings is 2. The quantitative estimate of drug-likeness (QED) is 0.672. The first-order chi connectivity index (χ1) is 13.6. The predicted octanol–water partition coefficient (Wildman–Crippen LogP) is 3.49. The number of thioether (sulfide) groups is 1. The summed E-state index contributed by atoms with van der Waals surface area (Å²) in [7, 11) is 0. The highest BCUT2D eigenvalue weighted by molar-refractivity contribution is 8.15. The third-order valence-electron chi connectivity index (χ3n) is 4.70. The molecule has 1 aromatic heterocycles. The van der Waals surface area contributed by atoms with Crippen molar-refractivity contribution in [2.75, 3.05) is 11.4 Å². The molecule has 0 spiro atoms. The first-order valence-corrected chi connectivity index (χ1v) is 9.93. The summed E-state index contributed by atoms with van der Waals surface area (Å²) < 4.78 is 0. The predicted molar refractivity (Wildman–Crippen MR) is 110 cm³/mol. The number of carbonyl (C=O) groups is 3. The average molecular weight is 393 g/mol. The van der Waals surface area contributed by atoms with Crippen LogP contribution >= 0.6 is 11.8 Å². The van der Waals surface area contributed by atoms with E-state index in [4.69, 9.17) is 0 Å². The van der Waals surface area contributed by atoms with Gasteiger partial charge in [-0.15, -0.1) is 0 Å². The summed E-state index contributed by atoms with van der Waals surface area (Å²) >= 11 is 0.910. The standard InChI is InChI=1S/C21H19N3O3S/c25-19(22-11-10-14-13-23-17-9-5-4-8-16(14)17)12-18-20(26)24(21(27)28-18)15-6-2-1-3-7-15/h1-9,13,18,23H,10-12H2,(H,22,25). The van der Waals surface area contributed by atoms with Crippen LogP contribution in [0.25, 0.3) is 10.9 Å². The summed E-state index contributed by atoms with van der Waals surface area (Å²) in [6, 6.07) is 16.8. The average Bonchev–Trinajstić information content (AvgIpc) is 3.23. The maximum Gasteiger partial charge on any atom is 0.293 e. The van der Waals surface area contributed by atoms with Crippen molar-refractivity contribution in [3.05, 3.63) is 66.4 Å². The van der Waals surface area contributed by atoms with Gasteiger partial charge in [-0.1, -0.05) is 36.4 Å². The van der Waals surface area contributed by atoms with Crippen LogP contribution in [0, 0.1) is 0 Å². The lowest BCUT2D eigenvalue weighted by atomic mass is 10.1. The molecule has 0 bridgehead atoms. The zero-order chi connectivity index (χ0) is 19.5. The number of amides is 3. The molecule has 4 rings (SSSR count). The van der Waals surface area contributed by atoms with E-state index in [1.807, 2.05) is 36.5 Å². The molecule has 2 heterocycles. The number of fused-ring (bicyclic) bond motifs is 1. The molecule has 1 saturated heterocycles. The number of nitrogens with one attached hydrogen (secondary N) is 2. The molecule has 0 saturated carbocycles. The van der Waals surface area contributed by atoms with Crippen molar-refractivity contribution in [3.63, 3.8) is 0 Å². The fourth-order valence-electron chi connectivity index (χ4n) is 3.31. The van der Waals surface area contributed by atoms with Crippen molar-refractivity contribution in [2.24, 2.45) is 0 Å². The molecule has 3 amide bonds. The van der Waals surface area contributed by atoms with Gasteiger partial charge in [0.2, 0.25) is 11.8 Å². The van der Waals surface area contributed by atoms with Gasteiger partial charge in [0.15, 0.2) is 0 Å². The van der Waals surface area contributed by atoms with E-state index in [1.165, 1.54) is 0 Å². The molecule has 1 fully saturated rings. The third kappa shape index (κ3) is 3.66. The number of H-pyrrole nitrogens is 1. The van der Waals surface area contributed by atoms with Gasteiger partial charge in [0.1, 0.15) is 5.25 Å². The molecule has 142 valence electrons. The Balaban J connectivity index is 1.31. The number of carbonyl (C=O) groups excluding carboxylic acids is 3. The lowest BCUT2D eigenvalue weighted by molar-refractivity contribution is -0.124. The van der Waals surface area contributed by atoms with E-state index in [1.54, 1.807) is 24.3 Å². The maximum atomic E-state index is 12.6. The van der Waals surface area contributed by atoms with Gasteiger partial charge in [0.05, 0.1) is 5.69 Å². The van der Waals surface area contributed by atoms with Crippen LogP contribution < -0.4 is 10.2 Å². The van der Waals surface area contributed by atoms with Gasteiger partial charge in [-0.2, -0.15) is 0 Å². The molecule has 1 aliphatic rings. The molecule has 3 aromatic rings. The second-order valence-corrected chi connectivity index (χ2v) is 7.70. The van der Waals surface area contributed by atoms with Crippen molar-refractivity contribution in [3.8, 4) is 0 Å². The number of nitrogens with zero attached hydrogens (tertiary/aromatic N) is 1. The number of para-hydroxylation sites is 2. The van der Waals surface area contributed by atoms with Crippen molar-refractivity contribution in [1.29, 1.82) is 0 Å². The van der Waals surface area contributed by atoms with E-state index in [0.29, 0.717) is 18.7 Å². The van der Waals surface area contributed by atoms with Crippen molar-refractivity contribution in [1.82, 2.24) is 10.3 Å². The Hall–Kier alpha value is -3.06. The van der Waals surface area contributed by atoms with E-state index in [0.717, 1.165) is 33.1 Å². The molecule has 28 heavy (non-hydrogen) atoms. The van der Waals surface area contributed by atoms with Crippen molar-refractivity contribution in [2.45, 2.75) is 18.1 Å². The van der Waals surface area contributed by atoms with E-state index >= 15 is 0 Å². The van der Waals surface area contributed by atoms with Crippen LogP contribution in [0.1, 0.15) is 12.0 Å². The SMILES string of the molecule is O=C(CC1SC(=O)N(c2ccccc2)C1=O)NCCc1c[nH]c2ccccc12. The van der Waals surface area contributed by atoms with Gasteiger partial charge in [-0.3, -0.25) is 14.4 Å². The van der Waals surface area contributed by atoms with E-state index in [-0.39, 0.29) is 23.5 Å². The van der Waals surface area contributed by atoms with E-state index in [2.05, 4.69) is 10.3 Å². The zero-order valence-electron chi connectivity index (χ0n) is 15.1. The second kappa shape index (κ2) is 7.90. The van der Waals surface area contributed by atoms with Gasteiger partial charge >= 0.3 is 0 Å². The zero-order valence-corrected chi connectivity index (χ0v) is 15.9. The van der Waals surface area contributed by atoms with Crippen LogP contribution in [0.3, 0.4) is 0 Å². The number of aromatic amines is 1. The van der Waals surface area contributed by atoms with Gasteiger partial charge in [0, 0.05) is 30.1 Å². The van der Waals surface area contributed by atoms with Crippen molar-refractivity contribution < 1.29 is 14.4 Å². The summed E-state index contributed by atoms with van der Waals surface area (Å²) in [6.45, 7) is 0.475. The summed E-state index contributed by atoms with van der Waals surface area (Å²) in [5.41, 5.74) is 2.73. The Morgan fingerprint density at radius 1 is 1.07 bits per heavy atom. The van der Waals surface area contributed by atoms with Gasteiger partial charge in [-0.05, 0) is 41.9 Å². The molecule has 0 aliphatic carbocycles. The first-order valence-electron chi connectivity index (χ1n) is 9.05.